The molecule has 1 aliphatic rings. The maximum absolute atomic E-state index is 9.83. The molecule has 1 aliphatic carbocycles. The van der Waals surface area contributed by atoms with Crippen molar-refractivity contribution in [3.8, 4) is 0 Å². The second-order valence-electron chi connectivity index (χ2n) is 2.69. The van der Waals surface area contributed by atoms with Crippen LogP contribution in [-0.4, -0.2) is 33.8 Å². The molecule has 0 unspecified atom stereocenters. The van der Waals surface area contributed by atoms with Crippen LogP contribution in [0.25, 0.3) is 0 Å². The Morgan fingerprint density at radius 3 is 2.27 bits per heavy atom. The lowest BCUT2D eigenvalue weighted by molar-refractivity contribution is -0.136. The van der Waals surface area contributed by atoms with Crippen LogP contribution in [0.4, 0.5) is 0 Å². The first-order valence-corrected chi connectivity index (χ1v) is 3.66. The Hall–Kier alpha value is -0.108. The van der Waals surface area contributed by atoms with E-state index in [0.717, 1.165) is 25.7 Å². The molecule has 3 radical (unpaired) electrons. The van der Waals surface area contributed by atoms with E-state index in [1.165, 1.54) is 6.42 Å². The second-order valence-corrected chi connectivity index (χ2v) is 2.69. The van der Waals surface area contributed by atoms with Gasteiger partial charge in [-0.1, -0.05) is 19.3 Å². The Kier molecular flexibility index (Phi) is 5.48. The summed E-state index contributed by atoms with van der Waals surface area (Å²) in [6.07, 6.45) is 5.18. The van der Waals surface area contributed by atoms with Crippen LogP contribution in [0.1, 0.15) is 32.1 Å². The van der Waals surface area contributed by atoms with Crippen LogP contribution in [0.5, 0.6) is 0 Å². The zero-order valence-corrected chi connectivity index (χ0v) is 7.59. The van der Waals surface area contributed by atoms with Crippen LogP contribution < -0.4 is 0 Å². The number of hydrogen-bond acceptors (Lipinski definition) is 3. The third kappa shape index (κ3) is 3.19. The molecule has 0 aliphatic heterocycles. The van der Waals surface area contributed by atoms with Crippen molar-refractivity contribution in [3.05, 3.63) is 4.91 Å². The SMILES string of the molecule is O=NN(O)C1CCCCC1.[Al]. The smallest absolute Gasteiger partial charge is 0.0790 e. The van der Waals surface area contributed by atoms with Crippen molar-refractivity contribution in [2.75, 3.05) is 0 Å². The van der Waals surface area contributed by atoms with Gasteiger partial charge in [-0.15, -0.1) is 10.1 Å². The summed E-state index contributed by atoms with van der Waals surface area (Å²) >= 11 is 0. The highest BCUT2D eigenvalue weighted by molar-refractivity contribution is 5.75. The molecule has 0 atom stereocenters. The minimum Gasteiger partial charge on any atom is -0.269 e. The summed E-state index contributed by atoms with van der Waals surface area (Å²) in [4.78, 5) is 9.83. The van der Waals surface area contributed by atoms with Crippen molar-refractivity contribution < 1.29 is 5.21 Å². The molecular formula is C6H12AlN2O2. The molecule has 0 spiro atoms. The van der Waals surface area contributed by atoms with Crippen molar-refractivity contribution in [1.82, 2.24) is 5.17 Å². The molecular weight excluding hydrogens is 159 g/mol. The molecule has 4 nitrogen and oxygen atoms in total. The standard InChI is InChI=1S/C6H12N2O2.Al/c9-7-8(10)6-4-2-1-3-5-6;/h6,10H,1-5H2;. The quantitative estimate of drug-likeness (QED) is 0.387. The van der Waals surface area contributed by atoms with Crippen LogP contribution in [-0.2, 0) is 0 Å². The van der Waals surface area contributed by atoms with E-state index in [4.69, 9.17) is 5.21 Å². The predicted octanol–water partition coefficient (Wildman–Crippen LogP) is 1.31. The van der Waals surface area contributed by atoms with Gasteiger partial charge in [-0.05, 0) is 12.8 Å². The molecule has 0 amide bonds. The Morgan fingerprint density at radius 1 is 1.27 bits per heavy atom. The fourth-order valence-corrected chi connectivity index (χ4v) is 1.38. The highest BCUT2D eigenvalue weighted by Crippen LogP contribution is 2.21. The normalized spacial score (nSPS) is 18.6. The topological polar surface area (TPSA) is 52.9 Å². The fraction of sp³-hybridized carbons (Fsp3) is 1.00. The number of nitrogens with zero attached hydrogens (tertiary/aromatic N) is 2. The van der Waals surface area contributed by atoms with Gasteiger partial charge in [0.25, 0.3) is 0 Å². The van der Waals surface area contributed by atoms with Gasteiger partial charge in [0.2, 0.25) is 0 Å². The van der Waals surface area contributed by atoms with E-state index in [1.54, 1.807) is 0 Å². The van der Waals surface area contributed by atoms with E-state index in [1.807, 2.05) is 0 Å². The molecule has 1 fully saturated rings. The van der Waals surface area contributed by atoms with E-state index in [2.05, 4.69) is 5.29 Å². The molecule has 0 aromatic carbocycles. The van der Waals surface area contributed by atoms with E-state index in [-0.39, 0.29) is 23.4 Å². The summed E-state index contributed by atoms with van der Waals surface area (Å²) in [5.74, 6) is 0. The van der Waals surface area contributed by atoms with Crippen LogP contribution >= 0.6 is 0 Å². The van der Waals surface area contributed by atoms with Crippen molar-refractivity contribution in [2.24, 2.45) is 5.29 Å². The van der Waals surface area contributed by atoms with E-state index < -0.39 is 0 Å². The number of hydrogen-bond donors (Lipinski definition) is 1. The molecule has 11 heavy (non-hydrogen) atoms. The first-order chi connectivity index (χ1) is 4.84. The Labute approximate surface area is 76.6 Å². The van der Waals surface area contributed by atoms with Gasteiger partial charge in [-0.3, -0.25) is 5.21 Å². The third-order valence-corrected chi connectivity index (χ3v) is 1.98. The molecule has 1 saturated carbocycles. The monoisotopic (exact) mass is 171 g/mol. The van der Waals surface area contributed by atoms with E-state index in [9.17, 15) is 4.91 Å². The minimum absolute atomic E-state index is 0. The van der Waals surface area contributed by atoms with Gasteiger partial charge >= 0.3 is 0 Å². The highest BCUT2D eigenvalue weighted by atomic mass is 27.0. The molecule has 1 rings (SSSR count). The summed E-state index contributed by atoms with van der Waals surface area (Å²) < 4.78 is 0. The summed E-state index contributed by atoms with van der Waals surface area (Å²) in [5.41, 5.74) is 0. The van der Waals surface area contributed by atoms with Crippen LogP contribution in [0.2, 0.25) is 0 Å². The van der Waals surface area contributed by atoms with Gasteiger partial charge in [0.05, 0.1) is 11.3 Å². The molecule has 1 N–H and O–H groups in total. The molecule has 0 aromatic heterocycles. The molecule has 0 bridgehead atoms. The Balaban J connectivity index is 0.000001000. The van der Waals surface area contributed by atoms with Gasteiger partial charge in [-0.25, -0.2) is 0 Å². The summed E-state index contributed by atoms with van der Waals surface area (Å²) in [6.45, 7) is 0. The first-order valence-electron chi connectivity index (χ1n) is 3.66. The third-order valence-electron chi connectivity index (χ3n) is 1.98. The second kappa shape index (κ2) is 5.53. The molecule has 0 aromatic rings. The molecule has 5 heteroatoms. The van der Waals surface area contributed by atoms with Crippen LogP contribution in [0, 0.1) is 4.91 Å². The Morgan fingerprint density at radius 2 is 1.82 bits per heavy atom. The van der Waals surface area contributed by atoms with Crippen LogP contribution in [0.15, 0.2) is 5.29 Å². The highest BCUT2D eigenvalue weighted by Gasteiger charge is 2.18. The number of hydroxylamine groups is 1. The van der Waals surface area contributed by atoms with Crippen molar-refractivity contribution in [2.45, 2.75) is 38.1 Å². The molecule has 61 valence electrons. The van der Waals surface area contributed by atoms with Gasteiger partial charge in [-0.2, -0.15) is 0 Å². The van der Waals surface area contributed by atoms with E-state index in [0.29, 0.717) is 5.17 Å². The summed E-state index contributed by atoms with van der Waals surface area (Å²) in [5, 5.41) is 11.8. The minimum atomic E-state index is -0.0220. The first kappa shape index (κ1) is 10.9. The van der Waals surface area contributed by atoms with Crippen LogP contribution in [0.3, 0.4) is 0 Å². The summed E-state index contributed by atoms with van der Waals surface area (Å²) in [6, 6.07) is -0.0220. The van der Waals surface area contributed by atoms with E-state index >= 15 is 0 Å². The number of nitroso groups, excluding NO2 is 1. The largest absolute Gasteiger partial charge is 0.269 e. The fourth-order valence-electron chi connectivity index (χ4n) is 1.38. The predicted molar refractivity (Wildman–Crippen MR) is 42.0 cm³/mol. The lowest BCUT2D eigenvalue weighted by Gasteiger charge is -2.23. The van der Waals surface area contributed by atoms with Gasteiger partial charge in [0.15, 0.2) is 0 Å². The summed E-state index contributed by atoms with van der Waals surface area (Å²) in [7, 11) is 0. The maximum Gasteiger partial charge on any atom is 0.0790 e. The van der Waals surface area contributed by atoms with Gasteiger partial charge < -0.3 is 0 Å². The molecule has 0 heterocycles. The Bertz CT molecular complexity index is 117. The average molecular weight is 171 g/mol. The zero-order chi connectivity index (χ0) is 7.40. The van der Waals surface area contributed by atoms with Crippen molar-refractivity contribution in [3.63, 3.8) is 0 Å². The van der Waals surface area contributed by atoms with Gasteiger partial charge in [0.1, 0.15) is 0 Å². The van der Waals surface area contributed by atoms with Crippen molar-refractivity contribution in [1.29, 1.82) is 0 Å². The zero-order valence-electron chi connectivity index (χ0n) is 6.44. The van der Waals surface area contributed by atoms with Gasteiger partial charge in [0, 0.05) is 17.4 Å². The lowest BCUT2D eigenvalue weighted by Crippen LogP contribution is -2.29. The average Bonchev–Trinajstić information content (AvgIpc) is 2.05. The van der Waals surface area contributed by atoms with Crippen molar-refractivity contribution >= 4 is 17.4 Å². The lowest BCUT2D eigenvalue weighted by atomic mass is 9.96. The molecule has 0 saturated heterocycles. The maximum atomic E-state index is 9.83. The number of rotatable bonds is 2.